The van der Waals surface area contributed by atoms with E-state index in [-0.39, 0.29) is 0 Å². The number of hydrogen-bond acceptors (Lipinski definition) is 4. The third-order valence-corrected chi connectivity index (χ3v) is 6.29. The molecule has 0 radical (unpaired) electrons. The molecule has 6 aromatic rings. The summed E-state index contributed by atoms with van der Waals surface area (Å²) in [7, 11) is 0. The molecule has 0 unspecified atom stereocenters. The molecule has 160 valence electrons. The average molecular weight is 438 g/mol. The molecule has 0 aliphatic carbocycles. The number of benzene rings is 5. The van der Waals surface area contributed by atoms with E-state index in [0.717, 1.165) is 56.2 Å². The fourth-order valence-electron chi connectivity index (χ4n) is 4.65. The van der Waals surface area contributed by atoms with Gasteiger partial charge in [-0.2, -0.15) is 0 Å². The molecule has 0 bridgehead atoms. The summed E-state index contributed by atoms with van der Waals surface area (Å²) in [6.45, 7) is 0. The summed E-state index contributed by atoms with van der Waals surface area (Å²) in [4.78, 5) is 11.8. The molecule has 1 aromatic heterocycles. The van der Waals surface area contributed by atoms with E-state index in [2.05, 4.69) is 82.7 Å². The highest BCUT2D eigenvalue weighted by atomic mass is 16.5. The number of hydrogen-bond donors (Lipinski definition) is 0. The largest absolute Gasteiger partial charge is 0.453 e. The quantitative estimate of drug-likeness (QED) is 0.257. The Morgan fingerprint density at radius 3 is 2.00 bits per heavy atom. The Bertz CT molecular complexity index is 1650. The van der Waals surface area contributed by atoms with E-state index in [9.17, 15) is 0 Å². The normalized spacial score (nSPS) is 12.3. The second-order valence-corrected chi connectivity index (χ2v) is 8.34. The first-order valence-corrected chi connectivity index (χ1v) is 11.3. The van der Waals surface area contributed by atoms with Gasteiger partial charge in [-0.25, -0.2) is 9.97 Å². The molecule has 34 heavy (non-hydrogen) atoms. The Balaban J connectivity index is 1.33. The number of nitrogens with zero attached hydrogens (tertiary/aromatic N) is 3. The minimum absolute atomic E-state index is 0.721. The van der Waals surface area contributed by atoms with Crippen LogP contribution in [0.2, 0.25) is 0 Å². The highest BCUT2D eigenvalue weighted by Crippen LogP contribution is 2.50. The molecule has 4 heteroatoms. The molecule has 2 heterocycles. The van der Waals surface area contributed by atoms with Crippen molar-refractivity contribution < 1.29 is 4.74 Å². The van der Waals surface area contributed by atoms with E-state index in [1.54, 1.807) is 0 Å². The van der Waals surface area contributed by atoms with Crippen molar-refractivity contribution in [3.63, 3.8) is 0 Å². The molecule has 1 aliphatic heterocycles. The van der Waals surface area contributed by atoms with Crippen molar-refractivity contribution in [2.75, 3.05) is 4.90 Å². The van der Waals surface area contributed by atoms with Gasteiger partial charge in [-0.1, -0.05) is 60.7 Å². The monoisotopic (exact) mass is 437 g/mol. The van der Waals surface area contributed by atoms with Crippen LogP contribution in [0.1, 0.15) is 0 Å². The lowest BCUT2D eigenvalue weighted by molar-refractivity contribution is 0.477. The average Bonchev–Trinajstić information content (AvgIpc) is 2.91. The highest BCUT2D eigenvalue weighted by molar-refractivity contribution is 6.05. The predicted octanol–water partition coefficient (Wildman–Crippen LogP) is 8.03. The summed E-state index contributed by atoms with van der Waals surface area (Å²) in [5, 5.41) is 3.36. The Kier molecular flexibility index (Phi) is 4.11. The molecular formula is C30H19N3O. The Hall–Kier alpha value is -4.70. The van der Waals surface area contributed by atoms with Crippen LogP contribution in [0.25, 0.3) is 33.1 Å². The first-order chi connectivity index (χ1) is 16.8. The van der Waals surface area contributed by atoms with Gasteiger partial charge in [0.25, 0.3) is 0 Å². The van der Waals surface area contributed by atoms with Crippen molar-refractivity contribution in [3.05, 3.63) is 115 Å². The highest BCUT2D eigenvalue weighted by Gasteiger charge is 2.25. The van der Waals surface area contributed by atoms with Gasteiger partial charge in [0.15, 0.2) is 17.3 Å². The van der Waals surface area contributed by atoms with Crippen LogP contribution in [0.4, 0.5) is 17.1 Å². The lowest BCUT2D eigenvalue weighted by atomic mass is 10.1. The van der Waals surface area contributed by atoms with E-state index >= 15 is 0 Å². The summed E-state index contributed by atoms with van der Waals surface area (Å²) < 4.78 is 6.14. The maximum atomic E-state index is 6.14. The van der Waals surface area contributed by atoms with E-state index in [1.165, 1.54) is 5.39 Å². The van der Waals surface area contributed by atoms with Gasteiger partial charge in [0, 0.05) is 28.2 Å². The zero-order valence-electron chi connectivity index (χ0n) is 18.2. The molecule has 7 rings (SSSR count). The van der Waals surface area contributed by atoms with Crippen molar-refractivity contribution in [2.24, 2.45) is 0 Å². The molecule has 0 spiro atoms. The number of fused-ring (bicyclic) bond motifs is 5. The molecule has 0 saturated carbocycles. The maximum Gasteiger partial charge on any atom is 0.159 e. The standard InChI is InChI=1S/C30H19N3O/c1-2-8-24-20(7-1)13-14-22-19-31-30(32-29(22)24)21-15-17-23(18-16-21)33-25-9-3-5-11-27(25)34-28-12-6-4-10-26(28)33/h1-19H. The van der Waals surface area contributed by atoms with Crippen molar-refractivity contribution in [1.82, 2.24) is 9.97 Å². The zero-order valence-corrected chi connectivity index (χ0v) is 18.2. The van der Waals surface area contributed by atoms with Crippen molar-refractivity contribution >= 4 is 38.7 Å². The summed E-state index contributed by atoms with van der Waals surface area (Å²) in [5.41, 5.74) is 5.04. The van der Waals surface area contributed by atoms with E-state index in [4.69, 9.17) is 9.72 Å². The lowest BCUT2D eigenvalue weighted by Gasteiger charge is -2.32. The topological polar surface area (TPSA) is 38.2 Å². The van der Waals surface area contributed by atoms with E-state index in [1.807, 2.05) is 42.6 Å². The molecule has 0 fully saturated rings. The van der Waals surface area contributed by atoms with E-state index < -0.39 is 0 Å². The second kappa shape index (κ2) is 7.42. The second-order valence-electron chi connectivity index (χ2n) is 8.34. The van der Waals surface area contributed by atoms with Gasteiger partial charge in [0.1, 0.15) is 0 Å². The van der Waals surface area contributed by atoms with Crippen LogP contribution in [0.3, 0.4) is 0 Å². The van der Waals surface area contributed by atoms with Gasteiger partial charge in [-0.3, -0.25) is 0 Å². The maximum absolute atomic E-state index is 6.14. The number of para-hydroxylation sites is 4. The van der Waals surface area contributed by atoms with Gasteiger partial charge < -0.3 is 9.64 Å². The number of aromatic nitrogens is 2. The smallest absolute Gasteiger partial charge is 0.159 e. The minimum atomic E-state index is 0.721. The first kappa shape index (κ1) is 18.8. The molecule has 0 N–H and O–H groups in total. The number of ether oxygens (including phenoxy) is 1. The molecular weight excluding hydrogens is 418 g/mol. The van der Waals surface area contributed by atoms with Crippen LogP contribution >= 0.6 is 0 Å². The molecule has 5 aromatic carbocycles. The van der Waals surface area contributed by atoms with Crippen molar-refractivity contribution in [3.8, 4) is 22.9 Å². The summed E-state index contributed by atoms with van der Waals surface area (Å²) in [5.74, 6) is 2.41. The van der Waals surface area contributed by atoms with Crippen molar-refractivity contribution in [1.29, 1.82) is 0 Å². The SMILES string of the molecule is c1ccc2c(c1)Oc1ccccc1N2c1ccc(-c2ncc3ccc4ccccc4c3n2)cc1. The van der Waals surface area contributed by atoms with Crippen LogP contribution in [-0.4, -0.2) is 9.97 Å². The van der Waals surface area contributed by atoms with Crippen LogP contribution in [-0.2, 0) is 0 Å². The molecule has 0 amide bonds. The molecule has 4 nitrogen and oxygen atoms in total. The summed E-state index contributed by atoms with van der Waals surface area (Å²) in [6, 6.07) is 37.2. The summed E-state index contributed by atoms with van der Waals surface area (Å²) in [6.07, 6.45) is 1.91. The molecule has 0 atom stereocenters. The fraction of sp³-hybridized carbons (Fsp3) is 0. The Morgan fingerprint density at radius 2 is 1.24 bits per heavy atom. The van der Waals surface area contributed by atoms with Gasteiger partial charge in [-0.05, 0) is 53.9 Å². The minimum Gasteiger partial charge on any atom is -0.453 e. The van der Waals surface area contributed by atoms with Crippen LogP contribution in [0.5, 0.6) is 11.5 Å². The Morgan fingerprint density at radius 1 is 0.588 bits per heavy atom. The predicted molar refractivity (Wildman–Crippen MR) is 137 cm³/mol. The van der Waals surface area contributed by atoms with Gasteiger partial charge in [0.2, 0.25) is 0 Å². The van der Waals surface area contributed by atoms with Crippen LogP contribution < -0.4 is 9.64 Å². The zero-order chi connectivity index (χ0) is 22.5. The van der Waals surface area contributed by atoms with Gasteiger partial charge in [-0.15, -0.1) is 0 Å². The third kappa shape index (κ3) is 2.93. The van der Waals surface area contributed by atoms with Gasteiger partial charge >= 0.3 is 0 Å². The first-order valence-electron chi connectivity index (χ1n) is 11.3. The molecule has 0 saturated heterocycles. The third-order valence-electron chi connectivity index (χ3n) is 6.29. The number of rotatable bonds is 2. The van der Waals surface area contributed by atoms with Gasteiger partial charge in [0.05, 0.1) is 16.9 Å². The summed E-state index contributed by atoms with van der Waals surface area (Å²) >= 11 is 0. The number of anilines is 3. The van der Waals surface area contributed by atoms with Crippen LogP contribution in [0.15, 0.2) is 115 Å². The van der Waals surface area contributed by atoms with Crippen molar-refractivity contribution in [2.45, 2.75) is 0 Å². The Labute approximate surface area is 196 Å². The molecule has 1 aliphatic rings. The fourth-order valence-corrected chi connectivity index (χ4v) is 4.65. The van der Waals surface area contributed by atoms with Crippen LogP contribution in [0, 0.1) is 0 Å². The van der Waals surface area contributed by atoms with E-state index in [0.29, 0.717) is 0 Å². The lowest BCUT2D eigenvalue weighted by Crippen LogP contribution is -2.15.